The zero-order valence-corrected chi connectivity index (χ0v) is 12.6. The molecule has 2 unspecified atom stereocenters. The molecule has 0 radical (unpaired) electrons. The molecule has 0 bridgehead atoms. The number of aliphatic carboxylic acids is 1. The summed E-state index contributed by atoms with van der Waals surface area (Å²) in [7, 11) is 0. The summed E-state index contributed by atoms with van der Waals surface area (Å²) in [4.78, 5) is 23.7. The summed E-state index contributed by atoms with van der Waals surface area (Å²) < 4.78 is 0. The lowest BCUT2D eigenvalue weighted by Crippen LogP contribution is -2.39. The van der Waals surface area contributed by atoms with Crippen molar-refractivity contribution in [3.05, 3.63) is 35.9 Å². The molecule has 2 rings (SSSR count). The van der Waals surface area contributed by atoms with Crippen molar-refractivity contribution in [3.8, 4) is 0 Å². The van der Waals surface area contributed by atoms with E-state index in [1.54, 1.807) is 12.1 Å². The molecule has 1 saturated carbocycles. The fraction of sp³-hybridized carbons (Fsp3) is 0.529. The molecule has 2 N–H and O–H groups in total. The number of carboxylic acids is 1. The largest absolute Gasteiger partial charge is 0.481 e. The monoisotopic (exact) mass is 289 g/mol. The molecule has 1 aliphatic carbocycles. The number of rotatable bonds is 5. The van der Waals surface area contributed by atoms with Crippen LogP contribution in [0.4, 0.5) is 0 Å². The highest BCUT2D eigenvalue weighted by atomic mass is 16.4. The fourth-order valence-corrected chi connectivity index (χ4v) is 3.17. The summed E-state index contributed by atoms with van der Waals surface area (Å²) in [6.45, 7) is 4.36. The molecule has 0 heterocycles. The number of benzene rings is 1. The Labute approximate surface area is 125 Å². The van der Waals surface area contributed by atoms with E-state index in [0.29, 0.717) is 0 Å². The van der Waals surface area contributed by atoms with E-state index >= 15 is 0 Å². The van der Waals surface area contributed by atoms with Crippen LogP contribution in [0, 0.1) is 11.3 Å². The third kappa shape index (κ3) is 3.63. The summed E-state index contributed by atoms with van der Waals surface area (Å²) in [5.41, 5.74) is 0.728. The zero-order valence-electron chi connectivity index (χ0n) is 12.6. The van der Waals surface area contributed by atoms with Gasteiger partial charge in [-0.1, -0.05) is 50.6 Å². The second-order valence-corrected chi connectivity index (χ2v) is 6.48. The first-order chi connectivity index (χ1) is 9.92. The van der Waals surface area contributed by atoms with Gasteiger partial charge in [0.2, 0.25) is 5.91 Å². The molecular weight excluding hydrogens is 266 g/mol. The molecule has 0 saturated heterocycles. The average Bonchev–Trinajstić information content (AvgIpc) is 2.79. The Hall–Kier alpha value is -1.84. The molecule has 114 valence electrons. The van der Waals surface area contributed by atoms with Gasteiger partial charge in [0.1, 0.15) is 0 Å². The van der Waals surface area contributed by atoms with Gasteiger partial charge < -0.3 is 10.4 Å². The van der Waals surface area contributed by atoms with Gasteiger partial charge in [-0.15, -0.1) is 0 Å². The maximum atomic E-state index is 12.3. The van der Waals surface area contributed by atoms with E-state index in [0.717, 1.165) is 24.8 Å². The van der Waals surface area contributed by atoms with Crippen LogP contribution in [0.3, 0.4) is 0 Å². The Morgan fingerprint density at radius 1 is 1.33 bits per heavy atom. The number of amides is 1. The Morgan fingerprint density at radius 2 is 2.00 bits per heavy atom. The maximum Gasteiger partial charge on any atom is 0.312 e. The molecule has 1 aromatic carbocycles. The van der Waals surface area contributed by atoms with Crippen LogP contribution in [0.25, 0.3) is 0 Å². The topological polar surface area (TPSA) is 66.4 Å². The van der Waals surface area contributed by atoms with Crippen LogP contribution in [-0.4, -0.2) is 23.5 Å². The Morgan fingerprint density at radius 3 is 2.52 bits per heavy atom. The standard InChI is InChI=1S/C17H23NO3/c1-17(2)10-6-9-14(17)15(19)18-11-13(16(20)21)12-7-4-3-5-8-12/h3-5,7-8,13-14H,6,9-11H2,1-2H3,(H,18,19)(H,20,21). The Kier molecular flexibility index (Phi) is 4.66. The van der Waals surface area contributed by atoms with Crippen molar-refractivity contribution in [2.75, 3.05) is 6.54 Å². The minimum Gasteiger partial charge on any atom is -0.481 e. The van der Waals surface area contributed by atoms with Crippen molar-refractivity contribution in [3.63, 3.8) is 0 Å². The third-order valence-electron chi connectivity index (χ3n) is 4.55. The van der Waals surface area contributed by atoms with Gasteiger partial charge in [-0.05, 0) is 23.8 Å². The number of carboxylic acid groups (broad SMARTS) is 1. The summed E-state index contributed by atoms with van der Waals surface area (Å²) in [5, 5.41) is 12.2. The predicted octanol–water partition coefficient (Wildman–Crippen LogP) is 2.80. The molecule has 1 aliphatic rings. The second-order valence-electron chi connectivity index (χ2n) is 6.48. The van der Waals surface area contributed by atoms with Crippen molar-refractivity contribution in [1.82, 2.24) is 5.32 Å². The van der Waals surface area contributed by atoms with Gasteiger partial charge in [0, 0.05) is 12.5 Å². The van der Waals surface area contributed by atoms with Crippen LogP contribution >= 0.6 is 0 Å². The third-order valence-corrected chi connectivity index (χ3v) is 4.55. The first-order valence-electron chi connectivity index (χ1n) is 7.47. The van der Waals surface area contributed by atoms with Gasteiger partial charge in [0.05, 0.1) is 5.92 Å². The van der Waals surface area contributed by atoms with Crippen molar-refractivity contribution >= 4 is 11.9 Å². The van der Waals surface area contributed by atoms with Gasteiger partial charge in [0.15, 0.2) is 0 Å². The molecule has 1 fully saturated rings. The number of carbonyl (C=O) groups excluding carboxylic acids is 1. The van der Waals surface area contributed by atoms with Crippen LogP contribution in [0.5, 0.6) is 0 Å². The van der Waals surface area contributed by atoms with Gasteiger partial charge in [-0.3, -0.25) is 9.59 Å². The number of hydrogen-bond donors (Lipinski definition) is 2. The van der Waals surface area contributed by atoms with Crippen LogP contribution in [0.15, 0.2) is 30.3 Å². The van der Waals surface area contributed by atoms with E-state index in [4.69, 9.17) is 0 Å². The zero-order chi connectivity index (χ0) is 15.5. The molecule has 1 amide bonds. The quantitative estimate of drug-likeness (QED) is 0.876. The molecule has 1 aromatic rings. The molecule has 4 heteroatoms. The molecule has 0 aliphatic heterocycles. The van der Waals surface area contributed by atoms with Crippen molar-refractivity contribution in [2.24, 2.45) is 11.3 Å². The van der Waals surface area contributed by atoms with Crippen LogP contribution in [0.2, 0.25) is 0 Å². The minimum atomic E-state index is -0.910. The molecule has 0 spiro atoms. The Bertz CT molecular complexity index is 510. The summed E-state index contributed by atoms with van der Waals surface area (Å²) in [6, 6.07) is 9.04. The average molecular weight is 289 g/mol. The lowest BCUT2D eigenvalue weighted by molar-refractivity contribution is -0.138. The van der Waals surface area contributed by atoms with Crippen molar-refractivity contribution in [2.45, 2.75) is 39.0 Å². The van der Waals surface area contributed by atoms with Gasteiger partial charge in [0.25, 0.3) is 0 Å². The van der Waals surface area contributed by atoms with Crippen molar-refractivity contribution in [1.29, 1.82) is 0 Å². The molecular formula is C17H23NO3. The normalized spacial score (nSPS) is 21.7. The van der Waals surface area contributed by atoms with E-state index in [1.807, 2.05) is 18.2 Å². The fourth-order valence-electron chi connectivity index (χ4n) is 3.17. The van der Waals surface area contributed by atoms with E-state index in [9.17, 15) is 14.7 Å². The molecule has 4 nitrogen and oxygen atoms in total. The summed E-state index contributed by atoms with van der Waals surface area (Å²) >= 11 is 0. The highest BCUT2D eigenvalue weighted by Gasteiger charge is 2.39. The SMILES string of the molecule is CC1(C)CCCC1C(=O)NCC(C(=O)O)c1ccccc1. The highest BCUT2D eigenvalue weighted by Crippen LogP contribution is 2.42. The lowest BCUT2D eigenvalue weighted by atomic mass is 9.81. The van der Waals surface area contributed by atoms with E-state index < -0.39 is 11.9 Å². The number of hydrogen-bond acceptors (Lipinski definition) is 2. The molecule has 0 aromatic heterocycles. The van der Waals surface area contributed by atoms with Crippen LogP contribution in [0.1, 0.15) is 44.6 Å². The van der Waals surface area contributed by atoms with Crippen LogP contribution in [-0.2, 0) is 9.59 Å². The van der Waals surface area contributed by atoms with E-state index in [-0.39, 0.29) is 23.8 Å². The van der Waals surface area contributed by atoms with E-state index in [2.05, 4.69) is 19.2 Å². The molecule has 21 heavy (non-hydrogen) atoms. The minimum absolute atomic E-state index is 0.00947. The van der Waals surface area contributed by atoms with Crippen LogP contribution < -0.4 is 5.32 Å². The Balaban J connectivity index is 2.00. The second kappa shape index (κ2) is 6.29. The first kappa shape index (κ1) is 15.5. The number of nitrogens with one attached hydrogen (secondary N) is 1. The number of carbonyl (C=O) groups is 2. The van der Waals surface area contributed by atoms with E-state index in [1.165, 1.54) is 0 Å². The van der Waals surface area contributed by atoms with Crippen molar-refractivity contribution < 1.29 is 14.7 Å². The van der Waals surface area contributed by atoms with Gasteiger partial charge >= 0.3 is 5.97 Å². The highest BCUT2D eigenvalue weighted by molar-refractivity contribution is 5.82. The predicted molar refractivity (Wildman–Crippen MR) is 81.0 cm³/mol. The van der Waals surface area contributed by atoms with Gasteiger partial charge in [-0.2, -0.15) is 0 Å². The summed E-state index contributed by atoms with van der Waals surface area (Å²) in [5.74, 6) is -1.63. The first-order valence-corrected chi connectivity index (χ1v) is 7.47. The maximum absolute atomic E-state index is 12.3. The molecule has 2 atom stereocenters. The summed E-state index contributed by atoms with van der Waals surface area (Å²) in [6.07, 6.45) is 3.00. The smallest absolute Gasteiger partial charge is 0.312 e. The lowest BCUT2D eigenvalue weighted by Gasteiger charge is -2.26. The van der Waals surface area contributed by atoms with Gasteiger partial charge in [-0.25, -0.2) is 0 Å².